The van der Waals surface area contributed by atoms with Gasteiger partial charge in [-0.2, -0.15) is 18.3 Å². The lowest BCUT2D eigenvalue weighted by molar-refractivity contribution is -0.717. The van der Waals surface area contributed by atoms with E-state index in [-0.39, 0.29) is 21.7 Å². The van der Waals surface area contributed by atoms with Crippen LogP contribution in [-0.2, 0) is 48.6 Å². The number of nitrogens with zero attached hydrogens (tertiary/aromatic N) is 4. The number of para-hydroxylation sites is 1. The number of fused-ring (bicyclic) bond motifs is 18. The fourth-order valence-electron chi connectivity index (χ4n) is 19.9. The molecule has 13 aromatic carbocycles. The lowest BCUT2D eigenvalue weighted by Crippen LogP contribution is -2.42. The number of benzene rings is 13. The number of aromatic nitrogens is 4. The van der Waals surface area contributed by atoms with Crippen LogP contribution < -0.4 is 37.2 Å². The van der Waals surface area contributed by atoms with Crippen LogP contribution in [0.2, 0.25) is 0 Å². The predicted molar refractivity (Wildman–Crippen MR) is 417 cm³/mol. The molecule has 0 saturated heterocycles. The van der Waals surface area contributed by atoms with Crippen LogP contribution in [0.5, 0.6) is 23.0 Å². The van der Waals surface area contributed by atoms with Crippen molar-refractivity contribution in [2.24, 2.45) is 0 Å². The summed E-state index contributed by atoms with van der Waals surface area (Å²) in [6.07, 6.45) is 6.68. The van der Waals surface area contributed by atoms with Crippen molar-refractivity contribution in [1.29, 1.82) is 0 Å². The molecule has 8 nitrogen and oxygen atoms in total. The Morgan fingerprint density at radius 2 is 0.731 bits per heavy atom. The second kappa shape index (κ2) is 20.9. The first kappa shape index (κ1) is 59.7. The van der Waals surface area contributed by atoms with E-state index >= 15 is 0 Å². The highest BCUT2D eigenvalue weighted by Gasteiger charge is 2.51. The molecule has 104 heavy (non-hydrogen) atoms. The highest BCUT2D eigenvalue weighted by Crippen LogP contribution is 2.60. The number of hydrogen-bond donors (Lipinski definition) is 0. The number of pyridine rings is 4. The first-order chi connectivity index (χ1) is 50.6. The molecule has 0 spiro atoms. The van der Waals surface area contributed by atoms with E-state index in [2.05, 4.69) is 329 Å². The third-order valence-corrected chi connectivity index (χ3v) is 24.9. The minimum atomic E-state index is -0.135. The SMILES string of the molecule is CC1(C)c2cc3c(ccc4ccccc43)c3c2-c2c1c1c(ccc4ccccc41)c[n+]2CO3.CC1(C)c2cc3c(ccc4ccccc43)c3c2-c2c1c1ccc4ccccc4c1c[n+]2CO3.CC1(C)c2cccc3c2-c2c1cc1ccccc1[n+]2CO3.CC1(C)c2cccc3c2-c2c1ccc[n+]2CO3. The number of rotatable bonds is 0. The predicted octanol–water partition coefficient (Wildman–Crippen LogP) is 20.9. The average molecular weight is 1350 g/mol. The molecule has 0 saturated carbocycles. The molecule has 4 aliphatic carbocycles. The van der Waals surface area contributed by atoms with E-state index in [0.717, 1.165) is 23.0 Å². The Morgan fingerprint density at radius 1 is 0.269 bits per heavy atom. The average Bonchev–Trinajstić information content (AvgIpc) is 1.52. The molecule has 0 unspecified atom stereocenters. The zero-order chi connectivity index (χ0) is 69.6. The van der Waals surface area contributed by atoms with Crippen LogP contribution in [0.1, 0.15) is 99.9 Å². The Morgan fingerprint density at radius 3 is 1.36 bits per heavy atom. The van der Waals surface area contributed by atoms with Gasteiger partial charge >= 0.3 is 0 Å². The fourth-order valence-corrected chi connectivity index (χ4v) is 19.9. The van der Waals surface area contributed by atoms with Crippen molar-refractivity contribution in [2.75, 3.05) is 0 Å². The molecule has 0 bridgehead atoms. The van der Waals surface area contributed by atoms with Crippen LogP contribution in [0.25, 0.3) is 142 Å². The van der Waals surface area contributed by atoms with Gasteiger partial charge in [-0.25, -0.2) is 0 Å². The van der Waals surface area contributed by atoms with Crippen LogP contribution in [-0.4, -0.2) is 0 Å². The summed E-state index contributed by atoms with van der Waals surface area (Å²) in [6, 6.07) is 85.8. The van der Waals surface area contributed by atoms with Crippen molar-refractivity contribution in [3.05, 3.63) is 300 Å². The zero-order valence-corrected chi connectivity index (χ0v) is 59.5. The van der Waals surface area contributed by atoms with E-state index in [1.807, 2.05) is 0 Å². The summed E-state index contributed by atoms with van der Waals surface area (Å²) in [4.78, 5) is 0. The summed E-state index contributed by atoms with van der Waals surface area (Å²) in [7, 11) is 0. The van der Waals surface area contributed by atoms with Gasteiger partial charge in [0.25, 0.3) is 26.9 Å². The Balaban J connectivity index is 0.0000000901. The second-order valence-corrected chi connectivity index (χ2v) is 31.7. The highest BCUT2D eigenvalue weighted by atomic mass is 16.5. The molecule has 8 heterocycles. The van der Waals surface area contributed by atoms with Crippen molar-refractivity contribution < 1.29 is 37.2 Å². The Hall–Kier alpha value is -12.0. The highest BCUT2D eigenvalue weighted by molar-refractivity contribution is 6.18. The first-order valence-electron chi connectivity index (χ1n) is 36.7. The third-order valence-electron chi connectivity index (χ3n) is 24.9. The van der Waals surface area contributed by atoms with Gasteiger partial charge in [-0.05, 0) is 142 Å². The normalized spacial score (nSPS) is 16.0. The molecule has 498 valence electrons. The van der Waals surface area contributed by atoms with Gasteiger partial charge in [-0.15, -0.1) is 0 Å². The molecule has 0 fully saturated rings. The molecule has 8 aliphatic rings. The summed E-state index contributed by atoms with van der Waals surface area (Å²) >= 11 is 0. The fraction of sp³-hybridized carbons (Fsp3) is 0.167. The van der Waals surface area contributed by atoms with Crippen LogP contribution >= 0.6 is 0 Å². The number of ether oxygens (including phenoxy) is 4. The van der Waals surface area contributed by atoms with Crippen molar-refractivity contribution in [2.45, 2.75) is 104 Å². The molecule has 0 N–H and O–H groups in total. The topological polar surface area (TPSA) is 52.4 Å². The molecular weight excluding hydrogens is 1270 g/mol. The smallest absolute Gasteiger partial charge is 0.293 e. The maximum atomic E-state index is 6.54. The third kappa shape index (κ3) is 7.87. The van der Waals surface area contributed by atoms with Gasteiger partial charge in [0.15, 0.2) is 18.6 Å². The zero-order valence-electron chi connectivity index (χ0n) is 59.5. The molecule has 0 radical (unpaired) electrons. The van der Waals surface area contributed by atoms with Crippen LogP contribution in [0, 0.1) is 0 Å². The van der Waals surface area contributed by atoms with E-state index in [9.17, 15) is 0 Å². The Bertz CT molecular complexity index is 6760. The minimum Gasteiger partial charge on any atom is -0.435 e. The molecule has 4 aromatic heterocycles. The van der Waals surface area contributed by atoms with Gasteiger partial charge in [-0.1, -0.05) is 219 Å². The van der Waals surface area contributed by atoms with E-state index in [0.29, 0.717) is 26.9 Å². The monoisotopic (exact) mass is 1350 g/mol. The molecular formula is C96H74N4O4+4. The molecule has 8 heteroatoms. The standard InChI is InChI=1S/2C31H22NO.C19H16NO.C15H14NO/c1-31(2)26-15-24-20-9-5-3-7-18(20)12-14-23(24)30-27(26)29-28(31)22-13-11-19-8-4-6-10-21(19)25(22)16-32(29)17-33-30;1-31(2)25-15-24-21-9-5-3-7-18(21)13-14-23(24)30-27(25)29-28(31)26-20(16-32(29)17-33-30)12-11-19-8-4-6-10-22(19)26;1-19(2)13-7-5-9-16-17(13)18-14(19)10-12-6-3-4-8-15(12)20(18)11-21-16;1-15(2)10-5-3-7-12-13(10)14-11(15)6-4-8-16(14)9-17-12/h2*3-16H,17H2,1-2H3;3-10H,11H2,1-2H3;3-8H,9H2,1-2H3/q4*+1. The van der Waals surface area contributed by atoms with Gasteiger partial charge in [0.1, 0.15) is 23.0 Å². The largest absolute Gasteiger partial charge is 0.435 e. The Kier molecular flexibility index (Phi) is 12.0. The quantitative estimate of drug-likeness (QED) is 0.112. The first-order valence-corrected chi connectivity index (χ1v) is 36.7. The van der Waals surface area contributed by atoms with Gasteiger partial charge in [0.05, 0.1) is 27.6 Å². The van der Waals surface area contributed by atoms with Gasteiger partial charge < -0.3 is 18.9 Å². The lowest BCUT2D eigenvalue weighted by atomic mass is 9.79. The van der Waals surface area contributed by atoms with Crippen LogP contribution in [0.15, 0.2) is 255 Å². The van der Waals surface area contributed by atoms with Crippen molar-refractivity contribution in [1.82, 2.24) is 0 Å². The van der Waals surface area contributed by atoms with E-state index in [4.69, 9.17) is 18.9 Å². The lowest BCUT2D eigenvalue weighted by Gasteiger charge is -2.22. The van der Waals surface area contributed by atoms with Gasteiger partial charge in [0, 0.05) is 83.0 Å². The Labute approximate surface area is 602 Å². The molecule has 17 aromatic rings. The van der Waals surface area contributed by atoms with Crippen LogP contribution in [0.3, 0.4) is 0 Å². The summed E-state index contributed by atoms with van der Waals surface area (Å²) < 4.78 is 34.1. The molecule has 25 rings (SSSR count). The van der Waals surface area contributed by atoms with E-state index in [1.54, 1.807) is 0 Å². The summed E-state index contributed by atoms with van der Waals surface area (Å²) in [5.41, 5.74) is 22.7. The van der Waals surface area contributed by atoms with Crippen molar-refractivity contribution >= 4 is 97.1 Å². The van der Waals surface area contributed by atoms with Crippen LogP contribution in [0.4, 0.5) is 0 Å². The summed E-state index contributed by atoms with van der Waals surface area (Å²) in [5, 5.41) is 21.9. The second-order valence-electron chi connectivity index (χ2n) is 31.7. The van der Waals surface area contributed by atoms with Gasteiger partial charge in [0.2, 0.25) is 28.3 Å². The van der Waals surface area contributed by atoms with Crippen molar-refractivity contribution in [3.8, 4) is 68.0 Å². The van der Waals surface area contributed by atoms with Gasteiger partial charge in [-0.3, -0.25) is 0 Å². The number of hydrogen-bond acceptors (Lipinski definition) is 4. The maximum absolute atomic E-state index is 6.54. The molecule has 4 aliphatic heterocycles. The maximum Gasteiger partial charge on any atom is 0.293 e. The minimum absolute atomic E-state index is 0.0279. The molecule has 0 amide bonds. The summed E-state index contributed by atoms with van der Waals surface area (Å²) in [6.45, 7) is 21.0. The summed E-state index contributed by atoms with van der Waals surface area (Å²) in [5.74, 6) is 4.13. The van der Waals surface area contributed by atoms with E-state index in [1.165, 1.54) is 187 Å². The van der Waals surface area contributed by atoms with Crippen molar-refractivity contribution in [3.63, 3.8) is 0 Å². The van der Waals surface area contributed by atoms with E-state index < -0.39 is 0 Å². The molecule has 0 atom stereocenters.